The molecule has 2 N–H and O–H groups in total. The zero-order valence-corrected chi connectivity index (χ0v) is 17.9. The molecule has 7 nitrogen and oxygen atoms in total. The van der Waals surface area contributed by atoms with Crippen molar-refractivity contribution in [2.75, 3.05) is 6.54 Å². The third-order valence-electron chi connectivity index (χ3n) is 5.56. The van der Waals surface area contributed by atoms with Crippen LogP contribution in [-0.2, 0) is 0 Å². The lowest BCUT2D eigenvalue weighted by Crippen LogP contribution is -2.31. The fourth-order valence-corrected chi connectivity index (χ4v) is 3.92. The number of amides is 3. The average Bonchev–Trinajstić information content (AvgIpc) is 3.07. The lowest BCUT2D eigenvalue weighted by Gasteiger charge is -2.19. The second kappa shape index (κ2) is 9.99. The molecule has 33 heavy (non-hydrogen) atoms. The van der Waals surface area contributed by atoms with E-state index in [1.54, 1.807) is 36.4 Å². The smallest absolute Gasteiger partial charge is 0.405 e. The van der Waals surface area contributed by atoms with E-state index in [1.807, 2.05) is 42.5 Å². The van der Waals surface area contributed by atoms with Crippen LogP contribution in [0.25, 0.3) is 0 Å². The van der Waals surface area contributed by atoms with Gasteiger partial charge < -0.3 is 15.2 Å². The van der Waals surface area contributed by atoms with Crippen molar-refractivity contribution < 1.29 is 24.2 Å². The molecule has 1 atom stereocenters. The van der Waals surface area contributed by atoms with E-state index >= 15 is 0 Å². The van der Waals surface area contributed by atoms with Crippen LogP contribution in [0.5, 0.6) is 11.5 Å². The number of benzene rings is 3. The SMILES string of the molecule is O=C(O)N[C@@H](CCCCN1C(=O)c2ccccc2C1=O)c1ccc(Oc2ccccc2)cc1. The van der Waals surface area contributed by atoms with Crippen LogP contribution in [0.2, 0.25) is 0 Å². The molecular formula is C26H24N2O5. The van der Waals surface area contributed by atoms with Crippen LogP contribution in [-0.4, -0.2) is 34.5 Å². The first-order valence-electron chi connectivity index (χ1n) is 10.8. The minimum Gasteiger partial charge on any atom is -0.465 e. The number of carbonyl (C=O) groups excluding carboxylic acids is 2. The van der Waals surface area contributed by atoms with Gasteiger partial charge in [0.25, 0.3) is 11.8 Å². The van der Waals surface area contributed by atoms with Crippen LogP contribution in [0.15, 0.2) is 78.9 Å². The minimum atomic E-state index is -1.11. The number of hydrogen-bond donors (Lipinski definition) is 2. The lowest BCUT2D eigenvalue weighted by molar-refractivity contribution is 0.0651. The number of para-hydroxylation sites is 1. The summed E-state index contributed by atoms with van der Waals surface area (Å²) in [5.74, 6) is 0.831. The zero-order chi connectivity index (χ0) is 23.2. The van der Waals surface area contributed by atoms with Crippen LogP contribution in [0, 0.1) is 0 Å². The fourth-order valence-electron chi connectivity index (χ4n) is 3.92. The van der Waals surface area contributed by atoms with Gasteiger partial charge >= 0.3 is 6.09 Å². The number of nitrogens with one attached hydrogen (secondary N) is 1. The predicted molar refractivity (Wildman–Crippen MR) is 123 cm³/mol. The Labute approximate surface area is 191 Å². The molecule has 0 aromatic heterocycles. The third-order valence-corrected chi connectivity index (χ3v) is 5.56. The maximum atomic E-state index is 12.5. The van der Waals surface area contributed by atoms with Crippen LogP contribution in [0.4, 0.5) is 4.79 Å². The molecular weight excluding hydrogens is 420 g/mol. The summed E-state index contributed by atoms with van der Waals surface area (Å²) in [5.41, 5.74) is 1.69. The van der Waals surface area contributed by atoms with E-state index in [2.05, 4.69) is 5.32 Å². The number of ether oxygens (including phenoxy) is 1. The first-order valence-corrected chi connectivity index (χ1v) is 10.8. The molecule has 1 aliphatic heterocycles. The van der Waals surface area contributed by atoms with Crippen molar-refractivity contribution in [1.29, 1.82) is 0 Å². The molecule has 1 heterocycles. The Bertz CT molecular complexity index is 1110. The lowest BCUT2D eigenvalue weighted by atomic mass is 10.0. The number of fused-ring (bicyclic) bond motifs is 1. The van der Waals surface area contributed by atoms with Gasteiger partial charge in [-0.3, -0.25) is 14.5 Å². The number of imide groups is 1. The van der Waals surface area contributed by atoms with Crippen molar-refractivity contribution >= 4 is 17.9 Å². The molecule has 7 heteroatoms. The molecule has 0 radical (unpaired) electrons. The molecule has 0 aliphatic carbocycles. The maximum absolute atomic E-state index is 12.5. The Balaban J connectivity index is 1.33. The first-order chi connectivity index (χ1) is 16.0. The van der Waals surface area contributed by atoms with Crippen LogP contribution < -0.4 is 10.1 Å². The summed E-state index contributed by atoms with van der Waals surface area (Å²) in [6.07, 6.45) is 0.651. The largest absolute Gasteiger partial charge is 0.465 e. The fraction of sp³-hybridized carbons (Fsp3) is 0.192. The zero-order valence-electron chi connectivity index (χ0n) is 17.9. The molecule has 3 aromatic carbocycles. The highest BCUT2D eigenvalue weighted by Gasteiger charge is 2.34. The number of rotatable bonds is 9. The summed E-state index contributed by atoms with van der Waals surface area (Å²) in [5, 5.41) is 11.8. The Hall–Kier alpha value is -4.13. The van der Waals surface area contributed by atoms with Gasteiger partial charge in [0.2, 0.25) is 0 Å². The molecule has 0 saturated carbocycles. The van der Waals surface area contributed by atoms with Gasteiger partial charge in [0.1, 0.15) is 11.5 Å². The van der Waals surface area contributed by atoms with Crippen LogP contribution in [0.3, 0.4) is 0 Å². The normalized spacial score (nSPS) is 13.5. The van der Waals surface area contributed by atoms with E-state index in [0.29, 0.717) is 42.7 Å². The highest BCUT2D eigenvalue weighted by Crippen LogP contribution is 2.27. The number of carboxylic acid groups (broad SMARTS) is 1. The second-order valence-corrected chi connectivity index (χ2v) is 7.79. The Morgan fingerprint density at radius 2 is 1.39 bits per heavy atom. The van der Waals surface area contributed by atoms with E-state index in [1.165, 1.54) is 4.90 Å². The summed E-state index contributed by atoms with van der Waals surface area (Å²) in [6.45, 7) is 0.302. The van der Waals surface area contributed by atoms with E-state index in [9.17, 15) is 19.5 Å². The highest BCUT2D eigenvalue weighted by atomic mass is 16.5. The van der Waals surface area contributed by atoms with Gasteiger partial charge in [-0.2, -0.15) is 0 Å². The number of hydrogen-bond acceptors (Lipinski definition) is 4. The highest BCUT2D eigenvalue weighted by molar-refractivity contribution is 6.21. The van der Waals surface area contributed by atoms with Crippen molar-refractivity contribution in [3.63, 3.8) is 0 Å². The van der Waals surface area contributed by atoms with Gasteiger partial charge in [-0.05, 0) is 61.2 Å². The van der Waals surface area contributed by atoms with Gasteiger partial charge in [0.05, 0.1) is 17.2 Å². The Morgan fingerprint density at radius 3 is 2.00 bits per heavy atom. The van der Waals surface area contributed by atoms with Gasteiger partial charge in [0.15, 0.2) is 0 Å². The van der Waals surface area contributed by atoms with Crippen molar-refractivity contribution in [3.05, 3.63) is 95.6 Å². The number of nitrogens with zero attached hydrogens (tertiary/aromatic N) is 1. The summed E-state index contributed by atoms with van der Waals surface area (Å²) < 4.78 is 5.79. The molecule has 4 rings (SSSR count). The van der Waals surface area contributed by atoms with E-state index < -0.39 is 12.1 Å². The van der Waals surface area contributed by atoms with Crippen molar-refractivity contribution in [2.24, 2.45) is 0 Å². The topological polar surface area (TPSA) is 95.9 Å². The number of unbranched alkanes of at least 4 members (excludes halogenated alkanes) is 1. The van der Waals surface area contributed by atoms with Gasteiger partial charge in [0, 0.05) is 6.54 Å². The van der Waals surface area contributed by atoms with E-state index in [4.69, 9.17) is 4.74 Å². The summed E-state index contributed by atoms with van der Waals surface area (Å²) in [6, 6.07) is 23.1. The third kappa shape index (κ3) is 5.20. The Kier molecular flexibility index (Phi) is 6.69. The first kappa shape index (κ1) is 22.1. The van der Waals surface area contributed by atoms with Gasteiger partial charge in [-0.15, -0.1) is 0 Å². The standard InChI is InChI=1S/C26H24N2O5/c29-24-21-10-4-5-11-22(21)25(30)28(24)17-7-6-12-23(27-26(31)32)18-13-15-20(16-14-18)33-19-8-2-1-3-9-19/h1-5,8-11,13-16,23,27H,6-7,12,17H2,(H,31,32)/t23-/m0/s1. The molecule has 0 fully saturated rings. The quantitative estimate of drug-likeness (QED) is 0.347. The average molecular weight is 444 g/mol. The summed E-state index contributed by atoms with van der Waals surface area (Å²) in [7, 11) is 0. The van der Waals surface area contributed by atoms with Crippen LogP contribution >= 0.6 is 0 Å². The molecule has 0 unspecified atom stereocenters. The van der Waals surface area contributed by atoms with E-state index in [-0.39, 0.29) is 11.8 Å². The maximum Gasteiger partial charge on any atom is 0.405 e. The monoisotopic (exact) mass is 444 g/mol. The molecule has 168 valence electrons. The molecule has 0 bridgehead atoms. The van der Waals surface area contributed by atoms with Gasteiger partial charge in [-0.25, -0.2) is 4.79 Å². The Morgan fingerprint density at radius 1 is 0.818 bits per heavy atom. The molecule has 3 amide bonds. The number of carbonyl (C=O) groups is 3. The molecule has 1 aliphatic rings. The van der Waals surface area contributed by atoms with Crippen molar-refractivity contribution in [3.8, 4) is 11.5 Å². The second-order valence-electron chi connectivity index (χ2n) is 7.79. The summed E-state index contributed by atoms with van der Waals surface area (Å²) >= 11 is 0. The minimum absolute atomic E-state index is 0.273. The molecule has 0 saturated heterocycles. The van der Waals surface area contributed by atoms with Crippen molar-refractivity contribution in [2.45, 2.75) is 25.3 Å². The summed E-state index contributed by atoms with van der Waals surface area (Å²) in [4.78, 5) is 37.5. The van der Waals surface area contributed by atoms with Crippen molar-refractivity contribution in [1.82, 2.24) is 10.2 Å². The predicted octanol–water partition coefficient (Wildman–Crippen LogP) is 5.25. The van der Waals surface area contributed by atoms with Crippen LogP contribution in [0.1, 0.15) is 51.6 Å². The van der Waals surface area contributed by atoms with Gasteiger partial charge in [-0.1, -0.05) is 42.5 Å². The molecule has 3 aromatic rings. The van der Waals surface area contributed by atoms with E-state index in [0.717, 1.165) is 11.3 Å². The molecule has 0 spiro atoms.